The molecule has 1 aromatic carbocycles. The zero-order valence-corrected chi connectivity index (χ0v) is 15.8. The summed E-state index contributed by atoms with van der Waals surface area (Å²) in [5.41, 5.74) is 1.30. The Bertz CT molecular complexity index is 773. The summed E-state index contributed by atoms with van der Waals surface area (Å²) in [6.07, 6.45) is 4.48. The van der Waals surface area contributed by atoms with Crippen molar-refractivity contribution < 1.29 is 0 Å². The van der Waals surface area contributed by atoms with Gasteiger partial charge in [0.15, 0.2) is 0 Å². The van der Waals surface area contributed by atoms with Gasteiger partial charge in [0.25, 0.3) is 0 Å². The van der Waals surface area contributed by atoms with E-state index >= 15 is 0 Å². The fraction of sp³-hybridized carbons (Fsp3) is 0.158. The van der Waals surface area contributed by atoms with Gasteiger partial charge >= 0.3 is 0 Å². The molecule has 112 valence electrons. The van der Waals surface area contributed by atoms with E-state index in [2.05, 4.69) is 86.4 Å². The zero-order valence-electron chi connectivity index (χ0n) is 13.2. The molecule has 0 N–H and O–H groups in total. The van der Waals surface area contributed by atoms with E-state index < -0.39 is 8.07 Å². The van der Waals surface area contributed by atoms with Crippen molar-refractivity contribution in [1.29, 1.82) is 0 Å². The molecule has 0 saturated carbocycles. The van der Waals surface area contributed by atoms with Crippen molar-refractivity contribution in [1.82, 2.24) is 0 Å². The number of hydrogen-bond acceptors (Lipinski definition) is 2. The van der Waals surface area contributed by atoms with Gasteiger partial charge in [-0.25, -0.2) is 0 Å². The summed E-state index contributed by atoms with van der Waals surface area (Å²) in [7, 11) is -1.17. The lowest BCUT2D eigenvalue weighted by Crippen LogP contribution is -2.34. The number of thiophene rings is 2. The minimum absolute atomic E-state index is 1.17. The lowest BCUT2D eigenvalue weighted by molar-refractivity contribution is 1.70. The van der Waals surface area contributed by atoms with Crippen LogP contribution in [0.4, 0.5) is 0 Å². The fourth-order valence-corrected chi connectivity index (χ4v) is 5.95. The summed E-state index contributed by atoms with van der Waals surface area (Å²) in [6.45, 7) is 7.20. The quantitative estimate of drug-likeness (QED) is 0.497. The Morgan fingerprint density at radius 1 is 0.727 bits per heavy atom. The maximum Gasteiger partial charge on any atom is 0.0904 e. The van der Waals surface area contributed by atoms with Crippen LogP contribution in [0.1, 0.15) is 9.75 Å². The molecule has 0 nitrogen and oxygen atoms in total. The van der Waals surface area contributed by atoms with Crippen LogP contribution in [0.5, 0.6) is 0 Å². The molecule has 0 spiro atoms. The topological polar surface area (TPSA) is 0 Å². The van der Waals surface area contributed by atoms with Crippen LogP contribution in [0.25, 0.3) is 22.6 Å². The van der Waals surface area contributed by atoms with Crippen LogP contribution < -0.4 is 4.50 Å². The smallest absolute Gasteiger partial charge is 0.0904 e. The molecule has 0 saturated heterocycles. The number of hydrogen-bond donors (Lipinski definition) is 0. The number of benzene rings is 1. The van der Waals surface area contributed by atoms with Gasteiger partial charge < -0.3 is 0 Å². The maximum atomic E-state index is 2.40. The lowest BCUT2D eigenvalue weighted by Gasteiger charge is -2.11. The molecule has 0 radical (unpaired) electrons. The van der Waals surface area contributed by atoms with Gasteiger partial charge in [-0.15, -0.1) is 22.7 Å². The molecule has 0 fully saturated rings. The molecular formula is C19H20S2Si. The fourth-order valence-electron chi connectivity index (χ4n) is 2.21. The van der Waals surface area contributed by atoms with Crippen molar-refractivity contribution in [3.8, 4) is 10.4 Å². The molecule has 2 aromatic heterocycles. The van der Waals surface area contributed by atoms with E-state index in [9.17, 15) is 0 Å². The van der Waals surface area contributed by atoms with E-state index in [-0.39, 0.29) is 0 Å². The van der Waals surface area contributed by atoms with Crippen LogP contribution in [-0.4, -0.2) is 8.07 Å². The molecule has 0 unspecified atom stereocenters. The Kier molecular flexibility index (Phi) is 4.48. The van der Waals surface area contributed by atoms with Gasteiger partial charge in [0.05, 0.1) is 8.07 Å². The third kappa shape index (κ3) is 3.66. The maximum absolute atomic E-state index is 2.40. The Hall–Kier alpha value is -1.42. The lowest BCUT2D eigenvalue weighted by atomic mass is 10.2. The number of rotatable bonds is 4. The van der Waals surface area contributed by atoms with Crippen LogP contribution in [0.2, 0.25) is 19.6 Å². The van der Waals surface area contributed by atoms with Gasteiger partial charge in [-0.2, -0.15) is 0 Å². The van der Waals surface area contributed by atoms with E-state index in [0.717, 1.165) is 0 Å². The van der Waals surface area contributed by atoms with Gasteiger partial charge in [0.1, 0.15) is 0 Å². The summed E-state index contributed by atoms with van der Waals surface area (Å²) in [5, 5.41) is 0. The molecular weight excluding hydrogens is 320 g/mol. The van der Waals surface area contributed by atoms with Crippen molar-refractivity contribution in [3.05, 3.63) is 64.4 Å². The normalized spacial score (nSPS) is 12.1. The van der Waals surface area contributed by atoms with Gasteiger partial charge in [-0.1, -0.05) is 56.0 Å². The first-order chi connectivity index (χ1) is 10.5. The minimum Gasteiger partial charge on any atom is -0.146 e. The molecule has 0 bridgehead atoms. The molecule has 22 heavy (non-hydrogen) atoms. The van der Waals surface area contributed by atoms with Crippen molar-refractivity contribution in [2.24, 2.45) is 0 Å². The second-order valence-electron chi connectivity index (χ2n) is 6.35. The van der Waals surface area contributed by atoms with E-state index in [4.69, 9.17) is 0 Å². The van der Waals surface area contributed by atoms with Crippen molar-refractivity contribution in [2.45, 2.75) is 19.6 Å². The molecule has 3 rings (SSSR count). The first-order valence-corrected chi connectivity index (χ1v) is 12.6. The van der Waals surface area contributed by atoms with E-state index in [1.54, 1.807) is 4.50 Å². The average Bonchev–Trinajstić information content (AvgIpc) is 3.15. The molecule has 0 aliphatic carbocycles. The van der Waals surface area contributed by atoms with E-state index in [1.807, 2.05) is 22.7 Å². The van der Waals surface area contributed by atoms with Crippen LogP contribution in [0.3, 0.4) is 0 Å². The predicted molar refractivity (Wildman–Crippen MR) is 106 cm³/mol. The molecule has 0 aliphatic heterocycles. The van der Waals surface area contributed by atoms with Crippen LogP contribution >= 0.6 is 22.7 Å². The third-order valence-corrected chi connectivity index (χ3v) is 9.21. The first kappa shape index (κ1) is 15.5. The highest BCUT2D eigenvalue weighted by molar-refractivity contribution is 7.27. The monoisotopic (exact) mass is 340 g/mol. The van der Waals surface area contributed by atoms with Crippen molar-refractivity contribution in [3.63, 3.8) is 0 Å². The minimum atomic E-state index is -1.17. The largest absolute Gasteiger partial charge is 0.146 e. The molecule has 0 amide bonds. The van der Waals surface area contributed by atoms with E-state index in [1.165, 1.54) is 20.2 Å². The SMILES string of the molecule is C[Si](C)(C)c1ccc(/C=C/c2ccc(-c3ccccc3)s2)s1. The van der Waals surface area contributed by atoms with Gasteiger partial charge in [0.2, 0.25) is 0 Å². The highest BCUT2D eigenvalue weighted by Gasteiger charge is 2.17. The Balaban J connectivity index is 1.76. The first-order valence-electron chi connectivity index (χ1n) is 7.46. The predicted octanol–water partition coefficient (Wildman–Crippen LogP) is 6.19. The highest BCUT2D eigenvalue weighted by Crippen LogP contribution is 2.29. The summed E-state index contributed by atoms with van der Waals surface area (Å²) in [6, 6.07) is 19.5. The van der Waals surface area contributed by atoms with Crippen LogP contribution in [0.15, 0.2) is 54.6 Å². The second-order valence-corrected chi connectivity index (χ2v) is 14.0. The Morgan fingerprint density at radius 3 is 2.00 bits per heavy atom. The summed E-state index contributed by atoms with van der Waals surface area (Å²) >= 11 is 3.79. The zero-order chi connectivity index (χ0) is 15.6. The van der Waals surface area contributed by atoms with Gasteiger partial charge in [0, 0.05) is 14.6 Å². The molecule has 0 aliphatic rings. The van der Waals surface area contributed by atoms with E-state index in [0.29, 0.717) is 0 Å². The molecule has 2 heterocycles. The average molecular weight is 341 g/mol. The molecule has 3 heteroatoms. The van der Waals surface area contributed by atoms with Crippen LogP contribution in [-0.2, 0) is 0 Å². The van der Waals surface area contributed by atoms with Crippen molar-refractivity contribution >= 4 is 47.4 Å². The summed E-state index contributed by atoms with van der Waals surface area (Å²) in [5.74, 6) is 0. The standard InChI is InChI=1S/C19H20S2Si/c1-22(2,3)19-14-12-17(21-19)10-9-16-11-13-18(20-16)15-7-5-4-6-8-15/h4-14H,1-3H3/b10-9+. The molecule has 0 atom stereocenters. The highest BCUT2D eigenvalue weighted by atomic mass is 32.1. The summed E-state index contributed by atoms with van der Waals surface area (Å²) in [4.78, 5) is 3.99. The van der Waals surface area contributed by atoms with Crippen molar-refractivity contribution in [2.75, 3.05) is 0 Å². The van der Waals surface area contributed by atoms with Gasteiger partial charge in [-0.05, 0) is 40.4 Å². The molecule has 3 aromatic rings. The second kappa shape index (κ2) is 6.37. The van der Waals surface area contributed by atoms with Gasteiger partial charge in [-0.3, -0.25) is 0 Å². The Morgan fingerprint density at radius 2 is 1.36 bits per heavy atom. The third-order valence-electron chi connectivity index (χ3n) is 3.46. The van der Waals surface area contributed by atoms with Crippen LogP contribution in [0, 0.1) is 0 Å². The summed E-state index contributed by atoms with van der Waals surface area (Å²) < 4.78 is 1.57. The Labute approximate surface area is 141 Å².